The van der Waals surface area contributed by atoms with Crippen molar-refractivity contribution in [1.82, 2.24) is 24.6 Å². The molecule has 0 aliphatic carbocycles. The van der Waals surface area contributed by atoms with Crippen LogP contribution in [-0.2, 0) is 22.9 Å². The highest BCUT2D eigenvalue weighted by atomic mass is 35.5. The van der Waals surface area contributed by atoms with E-state index < -0.39 is 16.1 Å². The molecule has 0 aliphatic rings. The number of hydrogen-bond donors (Lipinski definition) is 2. The molecule has 2 N–H and O–H groups in total. The number of fused-ring (bicyclic) bond motifs is 1. The second-order valence-corrected chi connectivity index (χ2v) is 10.2. The van der Waals surface area contributed by atoms with E-state index in [-0.39, 0.29) is 16.5 Å². The zero-order chi connectivity index (χ0) is 25.2. The van der Waals surface area contributed by atoms with Crippen molar-refractivity contribution >= 4 is 38.8 Å². The molecule has 4 rings (SSSR count). The lowest BCUT2D eigenvalue weighted by Gasteiger charge is -2.11. The van der Waals surface area contributed by atoms with E-state index in [4.69, 9.17) is 21.6 Å². The van der Waals surface area contributed by atoms with Crippen molar-refractivity contribution in [2.45, 2.75) is 38.5 Å². The maximum absolute atomic E-state index is 12.4. The molecule has 0 atom stereocenters. The fourth-order valence-corrected chi connectivity index (χ4v) is 5.37. The van der Waals surface area contributed by atoms with Gasteiger partial charge in [-0.05, 0) is 61.7 Å². The first-order valence-corrected chi connectivity index (χ1v) is 13.1. The molecule has 0 unspecified atom stereocenters. The molecule has 2 heterocycles. The Bertz CT molecular complexity index is 1500. The normalized spacial score (nSPS) is 11.5. The van der Waals surface area contributed by atoms with Crippen LogP contribution in [0, 0.1) is 13.8 Å². The first kappa shape index (κ1) is 24.7. The maximum Gasteiger partial charge on any atom is 0.328 e. The minimum absolute atomic E-state index is 0.0466. The number of aryl methyl sites for hydroxylation is 3. The Kier molecular flexibility index (Phi) is 7.09. The lowest BCUT2D eigenvalue weighted by molar-refractivity contribution is 0.246. The second kappa shape index (κ2) is 10.1. The van der Waals surface area contributed by atoms with Gasteiger partial charge in [-0.25, -0.2) is 27.9 Å². The molecule has 0 radical (unpaired) electrons. The minimum Gasteiger partial charge on any atom is -0.337 e. The quantitative estimate of drug-likeness (QED) is 0.380. The van der Waals surface area contributed by atoms with Crippen LogP contribution < -0.4 is 10.0 Å². The van der Waals surface area contributed by atoms with E-state index in [1.807, 2.05) is 48.9 Å². The predicted molar refractivity (Wildman–Crippen MR) is 137 cm³/mol. The number of sulfonamides is 1. The van der Waals surface area contributed by atoms with Crippen molar-refractivity contribution in [2.24, 2.45) is 0 Å². The highest BCUT2D eigenvalue weighted by Crippen LogP contribution is 2.24. The Morgan fingerprint density at radius 1 is 1.06 bits per heavy atom. The molecular weight excluding hydrogens is 486 g/mol. The van der Waals surface area contributed by atoms with Crippen molar-refractivity contribution in [3.63, 3.8) is 0 Å². The van der Waals surface area contributed by atoms with Crippen molar-refractivity contribution < 1.29 is 13.2 Å². The second-order valence-electron chi connectivity index (χ2n) is 8.18. The predicted octanol–water partition coefficient (Wildman–Crippen LogP) is 4.48. The molecule has 0 fully saturated rings. The minimum atomic E-state index is -4.06. The highest BCUT2D eigenvalue weighted by molar-refractivity contribution is 7.90. The number of nitrogens with one attached hydrogen (secondary N) is 2. The molecule has 2 amide bonds. The van der Waals surface area contributed by atoms with Crippen LogP contribution in [0.15, 0.2) is 59.5 Å². The Balaban J connectivity index is 1.42. The summed E-state index contributed by atoms with van der Waals surface area (Å²) in [5.74, 6) is 0.937. The monoisotopic (exact) mass is 511 g/mol. The number of pyridine rings is 1. The van der Waals surface area contributed by atoms with Crippen LogP contribution in [-0.4, -0.2) is 35.5 Å². The van der Waals surface area contributed by atoms with E-state index in [2.05, 4.69) is 16.8 Å². The van der Waals surface area contributed by atoms with Crippen LogP contribution in [0.2, 0.25) is 5.02 Å². The van der Waals surface area contributed by atoms with Crippen LogP contribution in [0.5, 0.6) is 0 Å². The molecule has 2 aromatic heterocycles. The summed E-state index contributed by atoms with van der Waals surface area (Å²) in [6.45, 7) is 6.34. The van der Waals surface area contributed by atoms with Gasteiger partial charge in [0.2, 0.25) is 0 Å². The van der Waals surface area contributed by atoms with Gasteiger partial charge in [-0.2, -0.15) is 0 Å². The van der Waals surface area contributed by atoms with Gasteiger partial charge in [-0.3, -0.25) is 4.57 Å². The number of imidazole rings is 1. The van der Waals surface area contributed by atoms with Gasteiger partial charge in [0.05, 0.1) is 5.02 Å². The molecule has 35 heavy (non-hydrogen) atoms. The summed E-state index contributed by atoms with van der Waals surface area (Å²) in [6.07, 6.45) is 1.30. The molecule has 0 aliphatic heterocycles. The van der Waals surface area contributed by atoms with Gasteiger partial charge in [0.1, 0.15) is 16.2 Å². The third-order valence-corrected chi connectivity index (χ3v) is 7.40. The maximum atomic E-state index is 12.4. The summed E-state index contributed by atoms with van der Waals surface area (Å²) >= 11 is 5.93. The van der Waals surface area contributed by atoms with Crippen molar-refractivity contribution in [1.29, 1.82) is 0 Å². The summed E-state index contributed by atoms with van der Waals surface area (Å²) < 4.78 is 28.8. The molecule has 0 bridgehead atoms. The van der Waals surface area contributed by atoms with Crippen LogP contribution >= 0.6 is 11.6 Å². The van der Waals surface area contributed by atoms with Crippen LogP contribution in [0.4, 0.5) is 4.79 Å². The average Bonchev–Trinajstić information content (AvgIpc) is 3.18. The van der Waals surface area contributed by atoms with Crippen molar-refractivity contribution in [3.05, 3.63) is 82.3 Å². The van der Waals surface area contributed by atoms with Crippen molar-refractivity contribution in [2.75, 3.05) is 6.54 Å². The Morgan fingerprint density at radius 3 is 2.46 bits per heavy atom. The summed E-state index contributed by atoms with van der Waals surface area (Å²) in [4.78, 5) is 21.5. The lowest BCUT2D eigenvalue weighted by Crippen LogP contribution is -2.40. The SMILES string of the molecule is CCc1nc2c(C)cc(C)nc2n1-c1ccc(CCNC(=O)NS(=O)(=O)c2ccccc2Cl)cc1. The van der Waals surface area contributed by atoms with E-state index >= 15 is 0 Å². The van der Waals surface area contributed by atoms with Gasteiger partial charge < -0.3 is 5.32 Å². The smallest absolute Gasteiger partial charge is 0.328 e. The molecule has 2 aromatic carbocycles. The molecule has 10 heteroatoms. The zero-order valence-corrected chi connectivity index (χ0v) is 21.2. The fourth-order valence-electron chi connectivity index (χ4n) is 3.92. The van der Waals surface area contributed by atoms with E-state index in [1.54, 1.807) is 6.07 Å². The number of rotatable bonds is 7. The number of carbonyl (C=O) groups is 1. The lowest BCUT2D eigenvalue weighted by atomic mass is 10.1. The number of carbonyl (C=O) groups excluding carboxylic acids is 1. The molecule has 0 spiro atoms. The topological polar surface area (TPSA) is 106 Å². The summed E-state index contributed by atoms with van der Waals surface area (Å²) in [6, 6.07) is 15.1. The van der Waals surface area contributed by atoms with E-state index in [1.165, 1.54) is 18.2 Å². The first-order chi connectivity index (χ1) is 16.7. The highest BCUT2D eigenvalue weighted by Gasteiger charge is 2.20. The third-order valence-electron chi connectivity index (χ3n) is 5.57. The van der Waals surface area contributed by atoms with Gasteiger partial charge in [0, 0.05) is 24.3 Å². The zero-order valence-electron chi connectivity index (χ0n) is 19.7. The van der Waals surface area contributed by atoms with Crippen molar-refractivity contribution in [3.8, 4) is 5.69 Å². The summed E-state index contributed by atoms with van der Waals surface area (Å²) in [5, 5.41) is 2.62. The molecule has 0 saturated carbocycles. The third kappa shape index (κ3) is 5.31. The number of aromatic nitrogens is 3. The average molecular weight is 512 g/mol. The Labute approximate surface area is 209 Å². The van der Waals surface area contributed by atoms with E-state index in [9.17, 15) is 13.2 Å². The summed E-state index contributed by atoms with van der Waals surface area (Å²) in [5.41, 5.74) is 5.73. The van der Waals surface area contributed by atoms with Crippen LogP contribution in [0.3, 0.4) is 0 Å². The van der Waals surface area contributed by atoms with Gasteiger partial charge in [0.25, 0.3) is 10.0 Å². The van der Waals surface area contributed by atoms with Crippen LogP contribution in [0.1, 0.15) is 29.6 Å². The first-order valence-electron chi connectivity index (χ1n) is 11.2. The number of halogens is 1. The number of amides is 2. The Morgan fingerprint density at radius 2 is 1.77 bits per heavy atom. The molecule has 8 nitrogen and oxygen atoms in total. The fraction of sp³-hybridized carbons (Fsp3) is 0.240. The van der Waals surface area contributed by atoms with Gasteiger partial charge >= 0.3 is 6.03 Å². The standard InChI is InChI=1S/C25H26ClN5O3S/c1-4-22-29-23-16(2)15-17(3)28-24(23)31(22)19-11-9-18(10-12-19)13-14-27-25(32)30-35(33,34)21-8-6-5-7-20(21)26/h5-12,15H,4,13-14H2,1-3H3,(H2,27,30,32). The molecule has 182 valence electrons. The number of hydrogen-bond acceptors (Lipinski definition) is 5. The number of benzene rings is 2. The molecular formula is C25H26ClN5O3S. The molecule has 0 saturated heterocycles. The number of urea groups is 1. The Hall–Kier alpha value is -3.43. The van der Waals surface area contributed by atoms with Gasteiger partial charge in [0.15, 0.2) is 5.65 Å². The van der Waals surface area contributed by atoms with Gasteiger partial charge in [-0.1, -0.05) is 42.8 Å². The van der Waals surface area contributed by atoms with E-state index in [0.29, 0.717) is 6.42 Å². The largest absolute Gasteiger partial charge is 0.337 e. The summed E-state index contributed by atoms with van der Waals surface area (Å²) in [7, 11) is -4.06. The molecule has 4 aromatic rings. The van der Waals surface area contributed by atoms with Crippen LogP contribution in [0.25, 0.3) is 16.9 Å². The van der Waals surface area contributed by atoms with Gasteiger partial charge in [-0.15, -0.1) is 0 Å². The van der Waals surface area contributed by atoms with E-state index in [0.717, 1.165) is 45.9 Å². The number of nitrogens with zero attached hydrogens (tertiary/aromatic N) is 3.